The van der Waals surface area contributed by atoms with Gasteiger partial charge in [0.2, 0.25) is 15.9 Å². The number of hydrogen-bond donors (Lipinski definition) is 2. The molecular formula is C27H37N5O5S. The molecule has 2 aromatic carbocycles. The number of amides is 1. The molecule has 0 radical (unpaired) electrons. The van der Waals surface area contributed by atoms with Crippen LogP contribution in [0.25, 0.3) is 11.0 Å². The molecule has 1 fully saturated rings. The zero-order chi connectivity index (χ0) is 27.1. The molecule has 38 heavy (non-hydrogen) atoms. The van der Waals surface area contributed by atoms with Gasteiger partial charge in [-0.15, -0.1) is 0 Å². The van der Waals surface area contributed by atoms with Crippen molar-refractivity contribution in [2.45, 2.75) is 49.1 Å². The van der Waals surface area contributed by atoms with Crippen molar-refractivity contribution >= 4 is 27.0 Å². The fourth-order valence-electron chi connectivity index (χ4n) is 4.92. The minimum absolute atomic E-state index is 0.0438. The first kappa shape index (κ1) is 28.0. The van der Waals surface area contributed by atoms with Crippen molar-refractivity contribution in [3.05, 3.63) is 54.4 Å². The molecule has 1 aliphatic heterocycles. The van der Waals surface area contributed by atoms with Crippen molar-refractivity contribution in [3.63, 3.8) is 0 Å². The molecule has 1 saturated heterocycles. The lowest BCUT2D eigenvalue weighted by Crippen LogP contribution is -2.45. The Morgan fingerprint density at radius 3 is 2.82 bits per heavy atom. The van der Waals surface area contributed by atoms with E-state index in [2.05, 4.69) is 15.4 Å². The number of imidazole rings is 1. The molecule has 3 N–H and O–H groups in total. The Balaban J connectivity index is 1.38. The summed E-state index contributed by atoms with van der Waals surface area (Å²) < 4.78 is 40.4. The van der Waals surface area contributed by atoms with E-state index in [0.29, 0.717) is 25.4 Å². The summed E-state index contributed by atoms with van der Waals surface area (Å²) in [4.78, 5) is 20.0. The topological polar surface area (TPSA) is 129 Å². The molecular weight excluding hydrogens is 506 g/mol. The maximum atomic E-state index is 13.1. The molecule has 0 bridgehead atoms. The number of carbonyl (C=O) groups excluding carboxylic acids is 1. The van der Waals surface area contributed by atoms with Gasteiger partial charge in [-0.25, -0.2) is 18.1 Å². The van der Waals surface area contributed by atoms with Crippen molar-refractivity contribution in [3.8, 4) is 5.75 Å². The van der Waals surface area contributed by atoms with Gasteiger partial charge in [0, 0.05) is 64.3 Å². The van der Waals surface area contributed by atoms with Crippen LogP contribution in [0.3, 0.4) is 0 Å². The van der Waals surface area contributed by atoms with Gasteiger partial charge >= 0.3 is 0 Å². The number of aryl methyl sites for hydroxylation is 1. The average Bonchev–Trinajstić information content (AvgIpc) is 3.31. The number of benzene rings is 2. The second-order valence-electron chi connectivity index (χ2n) is 9.63. The van der Waals surface area contributed by atoms with Crippen LogP contribution in [-0.2, 0) is 26.1 Å². The van der Waals surface area contributed by atoms with Gasteiger partial charge in [0.1, 0.15) is 11.6 Å². The van der Waals surface area contributed by atoms with E-state index in [4.69, 9.17) is 20.2 Å². The molecule has 10 nitrogen and oxygen atoms in total. The summed E-state index contributed by atoms with van der Waals surface area (Å²) in [6, 6.07) is 13.6. The van der Waals surface area contributed by atoms with Crippen molar-refractivity contribution in [1.82, 2.24) is 19.2 Å². The maximum absolute atomic E-state index is 13.1. The van der Waals surface area contributed by atoms with Crippen LogP contribution in [0.5, 0.6) is 5.75 Å². The van der Waals surface area contributed by atoms with Gasteiger partial charge < -0.3 is 24.7 Å². The SMILES string of the molecule is COCCCn1c([C@@H]2CCCN(C(=O)C[C@H](N)CNS(=O)(=O)c3cccc(OC)c3)C2)nc2ccccc21. The van der Waals surface area contributed by atoms with Gasteiger partial charge in [0.15, 0.2) is 0 Å². The van der Waals surface area contributed by atoms with Crippen molar-refractivity contribution in [2.75, 3.05) is 40.5 Å². The van der Waals surface area contributed by atoms with E-state index < -0.39 is 16.1 Å². The number of rotatable bonds is 12. The zero-order valence-electron chi connectivity index (χ0n) is 22.0. The number of likely N-dealkylation sites (tertiary alicyclic amines) is 1. The predicted molar refractivity (Wildman–Crippen MR) is 146 cm³/mol. The number of hydrogen-bond acceptors (Lipinski definition) is 7. The molecule has 4 rings (SSSR count). The van der Waals surface area contributed by atoms with E-state index in [1.165, 1.54) is 19.2 Å². The van der Waals surface area contributed by atoms with E-state index in [9.17, 15) is 13.2 Å². The van der Waals surface area contributed by atoms with E-state index in [0.717, 1.165) is 42.7 Å². The van der Waals surface area contributed by atoms with Crippen LogP contribution < -0.4 is 15.2 Å². The second kappa shape index (κ2) is 12.7. The Kier molecular flexibility index (Phi) is 9.37. The standard InChI is InChI=1S/C27H37N5O5S/c1-36-15-7-14-32-25-12-4-3-11-24(25)30-27(32)20-8-6-13-31(19-20)26(33)16-21(28)18-29-38(34,35)23-10-5-9-22(17-23)37-2/h3-5,9-12,17,20-21,29H,6-8,13-16,18-19,28H2,1-2H3/t20-,21+/m1/s1. The van der Waals surface area contributed by atoms with Gasteiger partial charge in [-0.2, -0.15) is 0 Å². The first-order chi connectivity index (χ1) is 18.3. The largest absolute Gasteiger partial charge is 0.497 e. The third kappa shape index (κ3) is 6.71. The van der Waals surface area contributed by atoms with Gasteiger partial charge in [0.05, 0.1) is 23.0 Å². The summed E-state index contributed by atoms with van der Waals surface area (Å²) in [5.41, 5.74) is 8.23. The highest BCUT2D eigenvalue weighted by Gasteiger charge is 2.29. The zero-order valence-corrected chi connectivity index (χ0v) is 22.8. The Morgan fingerprint density at radius 2 is 2.03 bits per heavy atom. The van der Waals surface area contributed by atoms with Gasteiger partial charge in [-0.1, -0.05) is 18.2 Å². The number of para-hydroxylation sites is 2. The van der Waals surface area contributed by atoms with Crippen LogP contribution in [0.1, 0.15) is 37.4 Å². The number of carbonyl (C=O) groups is 1. The molecule has 1 amide bonds. The number of ether oxygens (including phenoxy) is 2. The fraction of sp³-hybridized carbons (Fsp3) is 0.481. The summed E-state index contributed by atoms with van der Waals surface area (Å²) in [7, 11) is -0.600. The molecule has 3 aromatic rings. The number of nitrogens with one attached hydrogen (secondary N) is 1. The van der Waals surface area contributed by atoms with E-state index in [1.54, 1.807) is 19.2 Å². The minimum Gasteiger partial charge on any atom is -0.497 e. The lowest BCUT2D eigenvalue weighted by Gasteiger charge is -2.33. The molecule has 0 spiro atoms. The van der Waals surface area contributed by atoms with Gasteiger partial charge in [-0.3, -0.25) is 4.79 Å². The highest BCUT2D eigenvalue weighted by atomic mass is 32.2. The fourth-order valence-corrected chi connectivity index (χ4v) is 6.05. The summed E-state index contributed by atoms with van der Waals surface area (Å²) in [6.45, 7) is 2.64. The van der Waals surface area contributed by atoms with Crippen LogP contribution in [0.2, 0.25) is 0 Å². The van der Waals surface area contributed by atoms with E-state index >= 15 is 0 Å². The second-order valence-corrected chi connectivity index (χ2v) is 11.4. The quantitative estimate of drug-likeness (QED) is 0.336. The van der Waals surface area contributed by atoms with Gasteiger partial charge in [-0.05, 0) is 43.5 Å². The third-order valence-electron chi connectivity index (χ3n) is 6.88. The molecule has 2 heterocycles. The monoisotopic (exact) mass is 543 g/mol. The van der Waals surface area contributed by atoms with E-state index in [-0.39, 0.29) is 29.7 Å². The van der Waals surface area contributed by atoms with Crippen LogP contribution in [0, 0.1) is 0 Å². The molecule has 2 atom stereocenters. The van der Waals surface area contributed by atoms with E-state index in [1.807, 2.05) is 23.1 Å². The maximum Gasteiger partial charge on any atom is 0.240 e. The first-order valence-electron chi connectivity index (χ1n) is 12.9. The summed E-state index contributed by atoms with van der Waals surface area (Å²) in [5, 5.41) is 0. The number of fused-ring (bicyclic) bond motifs is 1. The molecule has 206 valence electrons. The number of aromatic nitrogens is 2. The van der Waals surface area contributed by atoms with Crippen molar-refractivity contribution in [1.29, 1.82) is 0 Å². The molecule has 1 aliphatic rings. The molecule has 1 aromatic heterocycles. The molecule has 0 saturated carbocycles. The number of nitrogens with two attached hydrogens (primary N) is 1. The average molecular weight is 544 g/mol. The number of methoxy groups -OCH3 is 2. The lowest BCUT2D eigenvalue weighted by molar-refractivity contribution is -0.132. The Morgan fingerprint density at radius 1 is 1.21 bits per heavy atom. The molecule has 0 aliphatic carbocycles. The Hall–Kier alpha value is -2.99. The smallest absolute Gasteiger partial charge is 0.240 e. The third-order valence-corrected chi connectivity index (χ3v) is 8.30. The first-order valence-corrected chi connectivity index (χ1v) is 14.4. The summed E-state index contributed by atoms with van der Waals surface area (Å²) in [5.74, 6) is 1.48. The minimum atomic E-state index is -3.78. The summed E-state index contributed by atoms with van der Waals surface area (Å²) in [6.07, 6.45) is 2.75. The van der Waals surface area contributed by atoms with Crippen LogP contribution in [0.15, 0.2) is 53.4 Å². The number of nitrogens with zero attached hydrogens (tertiary/aromatic N) is 3. The molecule has 0 unspecified atom stereocenters. The Bertz CT molecular complexity index is 1340. The highest BCUT2D eigenvalue weighted by molar-refractivity contribution is 7.89. The van der Waals surface area contributed by atoms with Crippen molar-refractivity contribution in [2.24, 2.45) is 5.73 Å². The van der Waals surface area contributed by atoms with Crippen molar-refractivity contribution < 1.29 is 22.7 Å². The number of piperidine rings is 1. The predicted octanol–water partition coefficient (Wildman–Crippen LogP) is 2.48. The lowest BCUT2D eigenvalue weighted by atomic mass is 9.96. The normalized spacial score (nSPS) is 17.0. The molecule has 11 heteroatoms. The van der Waals surface area contributed by atoms with Crippen LogP contribution >= 0.6 is 0 Å². The highest BCUT2D eigenvalue weighted by Crippen LogP contribution is 2.30. The van der Waals surface area contributed by atoms with Gasteiger partial charge in [0.25, 0.3) is 0 Å². The van der Waals surface area contributed by atoms with Crippen LogP contribution in [-0.4, -0.2) is 75.3 Å². The Labute approximate surface area is 224 Å². The van der Waals surface area contributed by atoms with Crippen LogP contribution in [0.4, 0.5) is 0 Å². The summed E-state index contributed by atoms with van der Waals surface area (Å²) >= 11 is 0. The number of sulfonamides is 1.